The van der Waals surface area contributed by atoms with E-state index < -0.39 is 0 Å². The van der Waals surface area contributed by atoms with Crippen LogP contribution in [0.1, 0.15) is 19.3 Å². The lowest BCUT2D eigenvalue weighted by Crippen LogP contribution is -2.37. The summed E-state index contributed by atoms with van der Waals surface area (Å²) in [5.41, 5.74) is 0. The van der Waals surface area contributed by atoms with Crippen molar-refractivity contribution in [2.75, 3.05) is 19.6 Å². The molecule has 0 N–H and O–H groups in total. The molecule has 0 aliphatic carbocycles. The van der Waals surface area contributed by atoms with Gasteiger partial charge in [-0.15, -0.1) is 12.4 Å². The van der Waals surface area contributed by atoms with E-state index in [1.165, 1.54) is 6.42 Å². The summed E-state index contributed by atoms with van der Waals surface area (Å²) >= 11 is 0. The average molecular weight is 176 g/mol. The number of carbonyl (C=O) groups excluding carboxylic acids is 1. The molecular formula is C8H14ClNO. The van der Waals surface area contributed by atoms with Gasteiger partial charge in [-0.05, 0) is 32.4 Å². The van der Waals surface area contributed by atoms with Crippen molar-refractivity contribution in [1.82, 2.24) is 4.90 Å². The predicted octanol–water partition coefficient (Wildman–Crippen LogP) is 1.09. The molecule has 0 aromatic carbocycles. The molecule has 3 aliphatic rings. The van der Waals surface area contributed by atoms with Crippen LogP contribution >= 0.6 is 12.4 Å². The minimum Gasteiger partial charge on any atom is -0.298 e. The van der Waals surface area contributed by atoms with E-state index in [1.54, 1.807) is 0 Å². The van der Waals surface area contributed by atoms with E-state index in [2.05, 4.69) is 4.90 Å². The van der Waals surface area contributed by atoms with Crippen LogP contribution in [-0.4, -0.2) is 30.3 Å². The molecule has 11 heavy (non-hydrogen) atoms. The third kappa shape index (κ3) is 1.74. The highest BCUT2D eigenvalue weighted by atomic mass is 35.5. The predicted molar refractivity (Wildman–Crippen MR) is 46.0 cm³/mol. The molecule has 2 bridgehead atoms. The minimum atomic E-state index is 0. The van der Waals surface area contributed by atoms with Gasteiger partial charge in [0.05, 0.1) is 6.54 Å². The number of fused-ring (bicyclic) bond motifs is 4. The molecule has 3 heteroatoms. The maximum absolute atomic E-state index is 11.2. The molecular weight excluding hydrogens is 162 g/mol. The van der Waals surface area contributed by atoms with Crippen LogP contribution in [0.2, 0.25) is 0 Å². The zero-order valence-electron chi connectivity index (χ0n) is 6.58. The number of halogens is 1. The SMILES string of the molecule is Cl.O=C1CN2CCCC1CC2. The van der Waals surface area contributed by atoms with E-state index in [0.717, 1.165) is 32.5 Å². The highest BCUT2D eigenvalue weighted by Gasteiger charge is 2.29. The zero-order valence-corrected chi connectivity index (χ0v) is 7.40. The van der Waals surface area contributed by atoms with Gasteiger partial charge in [0.25, 0.3) is 0 Å². The molecule has 0 aromatic heterocycles. The normalized spacial score (nSPS) is 36.2. The topological polar surface area (TPSA) is 20.3 Å². The molecule has 64 valence electrons. The molecule has 3 heterocycles. The molecule has 0 spiro atoms. The Morgan fingerprint density at radius 2 is 2.09 bits per heavy atom. The summed E-state index contributed by atoms with van der Waals surface area (Å²) in [4.78, 5) is 13.5. The standard InChI is InChI=1S/C8H13NO.ClH/c10-8-6-9-4-1-2-7(8)3-5-9;/h7H,1-6H2;1H. The lowest BCUT2D eigenvalue weighted by atomic mass is 9.94. The average Bonchev–Trinajstić information content (AvgIpc) is 2.20. The number of piperidine rings is 1. The Morgan fingerprint density at radius 3 is 2.82 bits per heavy atom. The fraction of sp³-hybridized carbons (Fsp3) is 0.875. The summed E-state index contributed by atoms with van der Waals surface area (Å²) in [5, 5.41) is 0. The Kier molecular flexibility index (Phi) is 2.90. The van der Waals surface area contributed by atoms with Crippen LogP contribution in [-0.2, 0) is 4.79 Å². The van der Waals surface area contributed by atoms with Gasteiger partial charge in [0.15, 0.2) is 0 Å². The fourth-order valence-corrected chi connectivity index (χ4v) is 1.99. The number of carbonyl (C=O) groups is 1. The first-order valence-electron chi connectivity index (χ1n) is 4.11. The first-order valence-corrected chi connectivity index (χ1v) is 4.11. The number of rotatable bonds is 0. The zero-order chi connectivity index (χ0) is 6.97. The first kappa shape index (κ1) is 9.01. The minimum absolute atomic E-state index is 0. The van der Waals surface area contributed by atoms with E-state index in [4.69, 9.17) is 0 Å². The molecule has 3 aliphatic heterocycles. The Bertz CT molecular complexity index is 156. The first-order chi connectivity index (χ1) is 4.86. The van der Waals surface area contributed by atoms with Crippen molar-refractivity contribution in [2.24, 2.45) is 5.92 Å². The monoisotopic (exact) mass is 175 g/mol. The maximum Gasteiger partial charge on any atom is 0.149 e. The van der Waals surface area contributed by atoms with Gasteiger partial charge in [-0.2, -0.15) is 0 Å². The molecule has 0 aromatic rings. The number of nitrogens with zero attached hydrogens (tertiary/aromatic N) is 1. The summed E-state index contributed by atoms with van der Waals surface area (Å²) in [7, 11) is 0. The Labute approximate surface area is 73.4 Å². The van der Waals surface area contributed by atoms with Crippen LogP contribution in [0.5, 0.6) is 0 Å². The van der Waals surface area contributed by atoms with E-state index in [9.17, 15) is 4.79 Å². The highest BCUT2D eigenvalue weighted by molar-refractivity contribution is 5.85. The molecule has 2 unspecified atom stereocenters. The molecule has 0 saturated carbocycles. The highest BCUT2D eigenvalue weighted by Crippen LogP contribution is 2.23. The van der Waals surface area contributed by atoms with Gasteiger partial charge >= 0.3 is 0 Å². The number of hydrogen-bond donors (Lipinski definition) is 0. The van der Waals surface area contributed by atoms with Crippen LogP contribution in [0.25, 0.3) is 0 Å². The molecule has 2 atom stereocenters. The lowest BCUT2D eigenvalue weighted by molar-refractivity contribution is -0.125. The van der Waals surface area contributed by atoms with Crippen molar-refractivity contribution < 1.29 is 4.79 Å². The number of Topliss-reactive ketones (excluding diaryl/α,β-unsaturated/α-hetero) is 1. The summed E-state index contributed by atoms with van der Waals surface area (Å²) in [6.45, 7) is 3.06. The van der Waals surface area contributed by atoms with Gasteiger partial charge in [0, 0.05) is 5.92 Å². The largest absolute Gasteiger partial charge is 0.298 e. The molecule has 3 rings (SSSR count). The van der Waals surface area contributed by atoms with Crippen LogP contribution in [0, 0.1) is 5.92 Å². The summed E-state index contributed by atoms with van der Waals surface area (Å²) in [6.07, 6.45) is 3.50. The molecule has 3 fully saturated rings. The van der Waals surface area contributed by atoms with Crippen LogP contribution in [0.15, 0.2) is 0 Å². The van der Waals surface area contributed by atoms with Crippen LogP contribution in [0.3, 0.4) is 0 Å². The van der Waals surface area contributed by atoms with Crippen molar-refractivity contribution in [3.05, 3.63) is 0 Å². The van der Waals surface area contributed by atoms with Crippen molar-refractivity contribution >= 4 is 18.2 Å². The molecule has 3 saturated heterocycles. The summed E-state index contributed by atoms with van der Waals surface area (Å²) < 4.78 is 0. The second-order valence-electron chi connectivity index (χ2n) is 3.37. The van der Waals surface area contributed by atoms with Gasteiger partial charge < -0.3 is 0 Å². The number of ketones is 1. The van der Waals surface area contributed by atoms with E-state index in [1.807, 2.05) is 0 Å². The van der Waals surface area contributed by atoms with E-state index in [0.29, 0.717) is 11.7 Å². The third-order valence-electron chi connectivity index (χ3n) is 2.66. The van der Waals surface area contributed by atoms with Crippen LogP contribution in [0.4, 0.5) is 0 Å². The van der Waals surface area contributed by atoms with Crippen LogP contribution < -0.4 is 0 Å². The Balaban J connectivity index is 0.000000605. The summed E-state index contributed by atoms with van der Waals surface area (Å²) in [6, 6.07) is 0. The quantitative estimate of drug-likeness (QED) is 0.550. The van der Waals surface area contributed by atoms with Gasteiger partial charge in [-0.1, -0.05) is 0 Å². The van der Waals surface area contributed by atoms with Crippen molar-refractivity contribution in [3.63, 3.8) is 0 Å². The maximum atomic E-state index is 11.2. The lowest BCUT2D eigenvalue weighted by Gasteiger charge is -2.24. The second kappa shape index (κ2) is 3.55. The van der Waals surface area contributed by atoms with E-state index in [-0.39, 0.29) is 12.4 Å². The van der Waals surface area contributed by atoms with Crippen molar-refractivity contribution in [1.29, 1.82) is 0 Å². The number of hydrogen-bond acceptors (Lipinski definition) is 2. The van der Waals surface area contributed by atoms with Crippen molar-refractivity contribution in [2.45, 2.75) is 19.3 Å². The van der Waals surface area contributed by atoms with E-state index >= 15 is 0 Å². The smallest absolute Gasteiger partial charge is 0.149 e. The Hall–Kier alpha value is -0.0800. The van der Waals surface area contributed by atoms with Gasteiger partial charge in [-0.25, -0.2) is 0 Å². The molecule has 2 nitrogen and oxygen atoms in total. The van der Waals surface area contributed by atoms with Gasteiger partial charge in [0.1, 0.15) is 5.78 Å². The van der Waals surface area contributed by atoms with Gasteiger partial charge in [-0.3, -0.25) is 9.69 Å². The molecule has 0 amide bonds. The van der Waals surface area contributed by atoms with Gasteiger partial charge in [0.2, 0.25) is 0 Å². The third-order valence-corrected chi connectivity index (χ3v) is 2.66. The summed E-state index contributed by atoms with van der Waals surface area (Å²) in [5.74, 6) is 0.919. The fourth-order valence-electron chi connectivity index (χ4n) is 1.99. The second-order valence-corrected chi connectivity index (χ2v) is 3.37. The Morgan fingerprint density at radius 1 is 1.27 bits per heavy atom. The molecule has 0 radical (unpaired) electrons. The van der Waals surface area contributed by atoms with Crippen molar-refractivity contribution in [3.8, 4) is 0 Å².